The van der Waals surface area contributed by atoms with Crippen LogP contribution in [0.25, 0.3) is 10.9 Å². The van der Waals surface area contributed by atoms with Crippen LogP contribution in [0.4, 0.5) is 10.5 Å². The van der Waals surface area contributed by atoms with Crippen LogP contribution in [0.2, 0.25) is 0 Å². The zero-order chi connectivity index (χ0) is 22.4. The highest BCUT2D eigenvalue weighted by Gasteiger charge is 2.26. The first-order valence-electron chi connectivity index (χ1n) is 11.1. The number of anilines is 1. The van der Waals surface area contributed by atoms with Crippen molar-refractivity contribution in [3.05, 3.63) is 70.3 Å². The molecule has 0 spiro atoms. The van der Waals surface area contributed by atoms with Crippen molar-refractivity contribution in [1.29, 1.82) is 0 Å². The summed E-state index contributed by atoms with van der Waals surface area (Å²) in [7, 11) is 0. The molecule has 3 aromatic rings. The number of aryl methyl sites for hydroxylation is 1. The molecule has 0 fully saturated rings. The molecular weight excluding hydrogens is 388 g/mol. The van der Waals surface area contributed by atoms with Gasteiger partial charge in [0.05, 0.1) is 16.9 Å². The Balaban J connectivity index is 1.99. The van der Waals surface area contributed by atoms with E-state index in [1.807, 2.05) is 63.2 Å². The summed E-state index contributed by atoms with van der Waals surface area (Å²) >= 11 is 0. The van der Waals surface area contributed by atoms with Crippen molar-refractivity contribution in [2.45, 2.75) is 59.5 Å². The molecule has 2 aromatic carbocycles. The second-order valence-corrected chi connectivity index (χ2v) is 7.86. The van der Waals surface area contributed by atoms with E-state index < -0.39 is 0 Å². The highest BCUT2D eigenvalue weighted by molar-refractivity contribution is 5.90. The molecule has 1 N–H and O–H groups in total. The van der Waals surface area contributed by atoms with Gasteiger partial charge in [-0.2, -0.15) is 0 Å². The molecule has 1 unspecified atom stereocenters. The van der Waals surface area contributed by atoms with Crippen molar-refractivity contribution in [2.75, 3.05) is 11.9 Å². The molecule has 2 amide bonds. The minimum absolute atomic E-state index is 0.0669. The molecule has 0 radical (unpaired) electrons. The van der Waals surface area contributed by atoms with Crippen LogP contribution < -0.4 is 10.9 Å². The van der Waals surface area contributed by atoms with E-state index in [-0.39, 0.29) is 17.6 Å². The number of nitrogens with one attached hydrogen (secondary N) is 1. The van der Waals surface area contributed by atoms with Gasteiger partial charge in [0.25, 0.3) is 5.56 Å². The van der Waals surface area contributed by atoms with E-state index in [0.29, 0.717) is 29.8 Å². The molecule has 1 atom stereocenters. The molecule has 0 saturated heterocycles. The van der Waals surface area contributed by atoms with Crippen molar-refractivity contribution in [2.24, 2.45) is 0 Å². The van der Waals surface area contributed by atoms with Gasteiger partial charge in [-0.3, -0.25) is 9.36 Å². The molecule has 164 valence electrons. The normalized spacial score (nSPS) is 12.0. The molecule has 6 nitrogen and oxygen atoms in total. The molecule has 1 aromatic heterocycles. The molecule has 31 heavy (non-hydrogen) atoms. The molecular formula is C25H32N4O2. The van der Waals surface area contributed by atoms with Gasteiger partial charge in [-0.05, 0) is 51.0 Å². The molecule has 6 heteroatoms. The van der Waals surface area contributed by atoms with Gasteiger partial charge in [-0.1, -0.05) is 50.1 Å². The number of hydrogen-bond donors (Lipinski definition) is 1. The fraction of sp³-hybridized carbons (Fsp3) is 0.400. The van der Waals surface area contributed by atoms with E-state index in [9.17, 15) is 9.59 Å². The predicted octanol–water partition coefficient (Wildman–Crippen LogP) is 5.51. The minimum Gasteiger partial charge on any atom is -0.315 e. The number of amides is 2. The fourth-order valence-corrected chi connectivity index (χ4v) is 3.85. The SMILES string of the molecule is CCCCCN(C(=O)Nc1ccccc1C)C(C)c1nc2ccccc2c(=O)n1CC. The monoisotopic (exact) mass is 420 g/mol. The van der Waals surface area contributed by atoms with Crippen molar-refractivity contribution >= 4 is 22.6 Å². The number of unbranched alkanes of at least 4 members (excludes halogenated alkanes) is 2. The average Bonchev–Trinajstić information content (AvgIpc) is 2.78. The molecule has 0 bridgehead atoms. The van der Waals surface area contributed by atoms with Gasteiger partial charge in [0.2, 0.25) is 0 Å². The third kappa shape index (κ3) is 4.95. The molecule has 1 heterocycles. The quantitative estimate of drug-likeness (QED) is 0.489. The van der Waals surface area contributed by atoms with Gasteiger partial charge in [0.1, 0.15) is 5.82 Å². The van der Waals surface area contributed by atoms with Crippen LogP contribution in [-0.2, 0) is 6.54 Å². The Morgan fingerprint density at radius 2 is 1.81 bits per heavy atom. The van der Waals surface area contributed by atoms with Gasteiger partial charge in [0, 0.05) is 18.8 Å². The smallest absolute Gasteiger partial charge is 0.315 e. The van der Waals surface area contributed by atoms with E-state index in [2.05, 4.69) is 12.2 Å². The minimum atomic E-state index is -0.349. The number of carbonyl (C=O) groups is 1. The second-order valence-electron chi connectivity index (χ2n) is 7.86. The van der Waals surface area contributed by atoms with E-state index in [4.69, 9.17) is 4.98 Å². The summed E-state index contributed by atoms with van der Waals surface area (Å²) in [4.78, 5) is 33.0. The number of carbonyl (C=O) groups excluding carboxylic acids is 1. The Bertz CT molecular complexity index is 1110. The van der Waals surface area contributed by atoms with E-state index in [0.717, 1.165) is 30.5 Å². The van der Waals surface area contributed by atoms with Crippen molar-refractivity contribution in [3.63, 3.8) is 0 Å². The average molecular weight is 421 g/mol. The number of nitrogens with zero attached hydrogens (tertiary/aromatic N) is 3. The van der Waals surface area contributed by atoms with Gasteiger partial charge >= 0.3 is 6.03 Å². The largest absolute Gasteiger partial charge is 0.322 e. The molecule has 0 aliphatic rings. The maximum absolute atomic E-state index is 13.3. The highest BCUT2D eigenvalue weighted by Crippen LogP contribution is 2.23. The maximum Gasteiger partial charge on any atom is 0.322 e. The van der Waals surface area contributed by atoms with Crippen molar-refractivity contribution in [1.82, 2.24) is 14.5 Å². The van der Waals surface area contributed by atoms with Crippen LogP contribution in [0.3, 0.4) is 0 Å². The topological polar surface area (TPSA) is 67.2 Å². The summed E-state index contributed by atoms with van der Waals surface area (Å²) in [5, 5.41) is 3.65. The Morgan fingerprint density at radius 1 is 1.10 bits per heavy atom. The number of urea groups is 1. The Morgan fingerprint density at radius 3 is 2.52 bits per heavy atom. The standard InChI is InChI=1S/C25H32N4O2/c1-5-7-12-17-29(25(31)27-21-15-10-8-13-18(21)3)19(4)23-26-22-16-11-9-14-20(22)24(30)28(23)6-2/h8-11,13-16,19H,5-7,12,17H2,1-4H3,(H,27,31). The van der Waals surface area contributed by atoms with Crippen LogP contribution in [0.5, 0.6) is 0 Å². The number of benzene rings is 2. The Labute approximate surface area is 183 Å². The van der Waals surface area contributed by atoms with Crippen molar-refractivity contribution < 1.29 is 4.79 Å². The lowest BCUT2D eigenvalue weighted by atomic mass is 10.1. The summed E-state index contributed by atoms with van der Waals surface area (Å²) in [5.74, 6) is 0.614. The van der Waals surface area contributed by atoms with Gasteiger partial charge < -0.3 is 10.2 Å². The number of rotatable bonds is 8. The predicted molar refractivity (Wildman–Crippen MR) is 127 cm³/mol. The first-order valence-corrected chi connectivity index (χ1v) is 11.1. The number of hydrogen-bond acceptors (Lipinski definition) is 3. The van der Waals surface area contributed by atoms with E-state index in [1.165, 1.54) is 0 Å². The second kappa shape index (κ2) is 10.2. The molecule has 0 aliphatic heterocycles. The summed E-state index contributed by atoms with van der Waals surface area (Å²) < 4.78 is 1.68. The number of fused-ring (bicyclic) bond motifs is 1. The molecule has 3 rings (SSSR count). The first-order chi connectivity index (χ1) is 15.0. The lowest BCUT2D eigenvalue weighted by Gasteiger charge is -2.30. The molecule has 0 aliphatic carbocycles. The Kier molecular flexibility index (Phi) is 7.45. The van der Waals surface area contributed by atoms with Gasteiger partial charge in [-0.25, -0.2) is 9.78 Å². The van der Waals surface area contributed by atoms with Crippen LogP contribution in [0.1, 0.15) is 57.5 Å². The number of para-hydroxylation sites is 2. The highest BCUT2D eigenvalue weighted by atomic mass is 16.2. The maximum atomic E-state index is 13.3. The molecule has 0 saturated carbocycles. The third-order valence-corrected chi connectivity index (χ3v) is 5.70. The van der Waals surface area contributed by atoms with Crippen LogP contribution in [0, 0.1) is 6.92 Å². The van der Waals surface area contributed by atoms with Crippen LogP contribution in [-0.4, -0.2) is 27.0 Å². The fourth-order valence-electron chi connectivity index (χ4n) is 3.85. The first kappa shape index (κ1) is 22.5. The Hall–Kier alpha value is -3.15. The lowest BCUT2D eigenvalue weighted by molar-refractivity contribution is 0.186. The lowest BCUT2D eigenvalue weighted by Crippen LogP contribution is -2.40. The van der Waals surface area contributed by atoms with E-state index >= 15 is 0 Å². The van der Waals surface area contributed by atoms with Crippen LogP contribution >= 0.6 is 0 Å². The zero-order valence-electron chi connectivity index (χ0n) is 18.9. The summed E-state index contributed by atoms with van der Waals surface area (Å²) in [6.45, 7) is 9.09. The summed E-state index contributed by atoms with van der Waals surface area (Å²) in [5.41, 5.74) is 2.39. The van der Waals surface area contributed by atoms with Crippen molar-refractivity contribution in [3.8, 4) is 0 Å². The summed E-state index contributed by atoms with van der Waals surface area (Å²) in [6.07, 6.45) is 2.99. The number of aromatic nitrogens is 2. The third-order valence-electron chi connectivity index (χ3n) is 5.70. The van der Waals surface area contributed by atoms with Gasteiger partial charge in [0.15, 0.2) is 0 Å². The summed E-state index contributed by atoms with van der Waals surface area (Å²) in [6, 6.07) is 14.6. The van der Waals surface area contributed by atoms with Gasteiger partial charge in [-0.15, -0.1) is 0 Å². The zero-order valence-corrected chi connectivity index (χ0v) is 18.9. The van der Waals surface area contributed by atoms with Crippen LogP contribution in [0.15, 0.2) is 53.3 Å². The van der Waals surface area contributed by atoms with E-state index in [1.54, 1.807) is 15.5 Å².